The van der Waals surface area contributed by atoms with Crippen molar-refractivity contribution in [1.29, 1.82) is 0 Å². The molecule has 1 aliphatic carbocycles. The number of ketones is 1. The van der Waals surface area contributed by atoms with Crippen molar-refractivity contribution in [1.82, 2.24) is 4.90 Å². The molecule has 18 heavy (non-hydrogen) atoms. The van der Waals surface area contributed by atoms with Crippen LogP contribution < -0.4 is 0 Å². The third kappa shape index (κ3) is 4.09. The Morgan fingerprint density at radius 2 is 1.72 bits per heavy atom. The van der Waals surface area contributed by atoms with E-state index in [0.29, 0.717) is 25.9 Å². The Balaban J connectivity index is 1.68. The molecule has 0 spiro atoms. The molecule has 0 unspecified atom stereocenters. The van der Waals surface area contributed by atoms with Gasteiger partial charge in [0.25, 0.3) is 0 Å². The van der Waals surface area contributed by atoms with Crippen LogP contribution in [0, 0.1) is 0 Å². The molecule has 0 radical (unpaired) electrons. The fourth-order valence-corrected chi connectivity index (χ4v) is 2.69. The van der Waals surface area contributed by atoms with Crippen molar-refractivity contribution in [2.45, 2.75) is 57.5 Å². The van der Waals surface area contributed by atoms with Gasteiger partial charge in [-0.05, 0) is 12.8 Å². The SMILES string of the molecule is O=C1CCN(C(=O)COC2CCCCCC2)CC1. The predicted octanol–water partition coefficient (Wildman–Crippen LogP) is 1.92. The molecule has 2 fully saturated rings. The molecule has 2 aliphatic rings. The molecule has 0 N–H and O–H groups in total. The Kier molecular flexibility index (Phi) is 5.17. The standard InChI is InChI=1S/C14H23NO3/c16-12-7-9-15(10-8-12)14(17)11-18-13-5-3-1-2-4-6-13/h13H,1-11H2. The minimum atomic E-state index is 0.0479. The van der Waals surface area contributed by atoms with Gasteiger partial charge in [-0.15, -0.1) is 0 Å². The average molecular weight is 253 g/mol. The number of hydrogen-bond acceptors (Lipinski definition) is 3. The fourth-order valence-electron chi connectivity index (χ4n) is 2.69. The van der Waals surface area contributed by atoms with Crippen LogP contribution in [-0.2, 0) is 14.3 Å². The lowest BCUT2D eigenvalue weighted by Crippen LogP contribution is -2.41. The summed E-state index contributed by atoms with van der Waals surface area (Å²) < 4.78 is 5.73. The minimum Gasteiger partial charge on any atom is -0.368 e. The molecule has 1 heterocycles. The highest BCUT2D eigenvalue weighted by Gasteiger charge is 2.22. The number of likely N-dealkylation sites (tertiary alicyclic amines) is 1. The third-order valence-electron chi connectivity index (χ3n) is 3.92. The molecule has 2 rings (SSSR count). The molecule has 1 amide bonds. The lowest BCUT2D eigenvalue weighted by molar-refractivity contribution is -0.140. The molecule has 0 aromatic rings. The zero-order valence-corrected chi connectivity index (χ0v) is 11.0. The van der Waals surface area contributed by atoms with Gasteiger partial charge in [0.05, 0.1) is 6.10 Å². The highest BCUT2D eigenvalue weighted by molar-refractivity contribution is 5.83. The van der Waals surface area contributed by atoms with E-state index < -0.39 is 0 Å². The number of Topliss-reactive ketones (excluding diaryl/α,β-unsaturated/α-hetero) is 1. The maximum Gasteiger partial charge on any atom is 0.248 e. The number of carbonyl (C=O) groups excluding carboxylic acids is 2. The number of ether oxygens (including phenoxy) is 1. The van der Waals surface area contributed by atoms with Crippen molar-refractivity contribution < 1.29 is 14.3 Å². The van der Waals surface area contributed by atoms with Gasteiger partial charge in [0, 0.05) is 25.9 Å². The molecule has 4 nitrogen and oxygen atoms in total. The van der Waals surface area contributed by atoms with Crippen LogP contribution in [-0.4, -0.2) is 42.4 Å². The van der Waals surface area contributed by atoms with Gasteiger partial charge in [-0.2, -0.15) is 0 Å². The molecule has 1 aliphatic heterocycles. The van der Waals surface area contributed by atoms with Gasteiger partial charge in [-0.1, -0.05) is 25.7 Å². The second-order valence-corrected chi connectivity index (χ2v) is 5.34. The molecular formula is C14H23NO3. The second-order valence-electron chi connectivity index (χ2n) is 5.34. The number of carbonyl (C=O) groups is 2. The highest BCUT2D eigenvalue weighted by atomic mass is 16.5. The molecule has 0 aromatic heterocycles. The summed E-state index contributed by atoms with van der Waals surface area (Å²) in [4.78, 5) is 24.8. The van der Waals surface area contributed by atoms with Gasteiger partial charge in [0.2, 0.25) is 5.91 Å². The monoisotopic (exact) mass is 253 g/mol. The van der Waals surface area contributed by atoms with E-state index in [1.807, 2.05) is 0 Å². The normalized spacial score (nSPS) is 22.9. The summed E-state index contributed by atoms with van der Waals surface area (Å²) in [6.45, 7) is 1.34. The Bertz CT molecular complexity index is 285. The molecule has 102 valence electrons. The van der Waals surface area contributed by atoms with Gasteiger partial charge in [-0.25, -0.2) is 0 Å². The number of rotatable bonds is 3. The van der Waals surface area contributed by atoms with E-state index in [1.54, 1.807) is 4.90 Å². The summed E-state index contributed by atoms with van der Waals surface area (Å²) in [6, 6.07) is 0. The van der Waals surface area contributed by atoms with Gasteiger partial charge in [0.15, 0.2) is 0 Å². The van der Waals surface area contributed by atoms with Crippen LogP contribution in [0.15, 0.2) is 0 Å². The van der Waals surface area contributed by atoms with Gasteiger partial charge in [-0.3, -0.25) is 9.59 Å². The molecule has 4 heteroatoms. The Hall–Kier alpha value is -0.900. The van der Waals surface area contributed by atoms with Crippen LogP contribution in [0.5, 0.6) is 0 Å². The lowest BCUT2D eigenvalue weighted by atomic mass is 10.1. The van der Waals surface area contributed by atoms with Crippen LogP contribution >= 0.6 is 0 Å². The number of hydrogen-bond donors (Lipinski definition) is 0. The molecule has 1 saturated heterocycles. The fraction of sp³-hybridized carbons (Fsp3) is 0.857. The average Bonchev–Trinajstić information content (AvgIpc) is 2.65. The first-order chi connectivity index (χ1) is 8.75. The maximum absolute atomic E-state index is 11.9. The topological polar surface area (TPSA) is 46.6 Å². The molecule has 0 bridgehead atoms. The van der Waals surface area contributed by atoms with Crippen LogP contribution in [0.2, 0.25) is 0 Å². The van der Waals surface area contributed by atoms with Crippen LogP contribution in [0.25, 0.3) is 0 Å². The molecule has 0 atom stereocenters. The van der Waals surface area contributed by atoms with Gasteiger partial charge in [0.1, 0.15) is 12.4 Å². The van der Waals surface area contributed by atoms with Crippen molar-refractivity contribution in [3.8, 4) is 0 Å². The number of nitrogens with zero attached hydrogens (tertiary/aromatic N) is 1. The predicted molar refractivity (Wildman–Crippen MR) is 68.3 cm³/mol. The zero-order chi connectivity index (χ0) is 12.8. The van der Waals surface area contributed by atoms with E-state index in [-0.39, 0.29) is 24.4 Å². The highest BCUT2D eigenvalue weighted by Crippen LogP contribution is 2.19. The van der Waals surface area contributed by atoms with Crippen molar-refractivity contribution in [3.63, 3.8) is 0 Å². The van der Waals surface area contributed by atoms with Crippen molar-refractivity contribution >= 4 is 11.7 Å². The Morgan fingerprint density at radius 3 is 2.33 bits per heavy atom. The number of piperidine rings is 1. The van der Waals surface area contributed by atoms with Crippen LogP contribution in [0.3, 0.4) is 0 Å². The van der Waals surface area contributed by atoms with E-state index in [1.165, 1.54) is 25.7 Å². The maximum atomic E-state index is 11.9. The second kappa shape index (κ2) is 6.88. The Morgan fingerprint density at radius 1 is 1.11 bits per heavy atom. The first-order valence-electron chi connectivity index (χ1n) is 7.17. The van der Waals surface area contributed by atoms with Crippen molar-refractivity contribution in [3.05, 3.63) is 0 Å². The molecular weight excluding hydrogens is 230 g/mol. The van der Waals surface area contributed by atoms with Crippen molar-refractivity contribution in [2.24, 2.45) is 0 Å². The van der Waals surface area contributed by atoms with E-state index >= 15 is 0 Å². The molecule has 0 aromatic carbocycles. The quantitative estimate of drug-likeness (QED) is 0.722. The smallest absolute Gasteiger partial charge is 0.248 e. The Labute approximate surface area is 109 Å². The minimum absolute atomic E-state index is 0.0479. The summed E-state index contributed by atoms with van der Waals surface area (Å²) in [5, 5.41) is 0. The van der Waals surface area contributed by atoms with Gasteiger partial charge >= 0.3 is 0 Å². The van der Waals surface area contributed by atoms with Crippen LogP contribution in [0.4, 0.5) is 0 Å². The van der Waals surface area contributed by atoms with Crippen molar-refractivity contribution in [2.75, 3.05) is 19.7 Å². The lowest BCUT2D eigenvalue weighted by Gasteiger charge is -2.26. The van der Waals surface area contributed by atoms with E-state index in [9.17, 15) is 9.59 Å². The van der Waals surface area contributed by atoms with E-state index in [2.05, 4.69) is 0 Å². The summed E-state index contributed by atoms with van der Waals surface area (Å²) in [5.74, 6) is 0.315. The summed E-state index contributed by atoms with van der Waals surface area (Å²) in [7, 11) is 0. The van der Waals surface area contributed by atoms with E-state index in [4.69, 9.17) is 4.74 Å². The summed E-state index contributed by atoms with van der Waals surface area (Å²) >= 11 is 0. The first kappa shape index (κ1) is 13.5. The summed E-state index contributed by atoms with van der Waals surface area (Å²) in [5.41, 5.74) is 0. The zero-order valence-electron chi connectivity index (χ0n) is 11.0. The first-order valence-corrected chi connectivity index (χ1v) is 7.17. The largest absolute Gasteiger partial charge is 0.368 e. The van der Waals surface area contributed by atoms with Gasteiger partial charge < -0.3 is 9.64 Å². The van der Waals surface area contributed by atoms with E-state index in [0.717, 1.165) is 12.8 Å². The number of amides is 1. The van der Waals surface area contributed by atoms with Crippen LogP contribution in [0.1, 0.15) is 51.4 Å². The summed E-state index contributed by atoms with van der Waals surface area (Å²) in [6.07, 6.45) is 8.49. The third-order valence-corrected chi connectivity index (χ3v) is 3.92. The molecule has 1 saturated carbocycles.